The van der Waals surface area contributed by atoms with Crippen molar-refractivity contribution < 1.29 is 9.53 Å². The van der Waals surface area contributed by atoms with Crippen LogP contribution in [0.4, 0.5) is 5.69 Å². The lowest BCUT2D eigenvalue weighted by Crippen LogP contribution is -2.49. The number of carbonyl (C=O) groups excluding carboxylic acids is 1. The molecule has 3 heterocycles. The maximum atomic E-state index is 13.1. The van der Waals surface area contributed by atoms with E-state index >= 15 is 0 Å². The molecule has 1 aliphatic heterocycles. The maximum absolute atomic E-state index is 13.1. The standard InChI is InChI=1S/C26H26N6O2S/c1-34-23-10-6-5-9-22(23)32-25(20-11-13-27-14-12-20)28-29-26(32)35-19-24(33)31-17-15-30(16-18-31)21-7-3-2-4-8-21/h2-14H,15-19H2,1H3. The molecule has 1 amide bonds. The molecule has 9 heteroatoms. The number of rotatable bonds is 7. The van der Waals surface area contributed by atoms with E-state index in [4.69, 9.17) is 4.74 Å². The number of pyridine rings is 1. The van der Waals surface area contributed by atoms with Crippen molar-refractivity contribution in [2.45, 2.75) is 5.16 Å². The number of piperazine rings is 1. The Balaban J connectivity index is 1.32. The number of anilines is 1. The van der Waals surface area contributed by atoms with Gasteiger partial charge in [0.15, 0.2) is 11.0 Å². The zero-order chi connectivity index (χ0) is 24.0. The second-order valence-electron chi connectivity index (χ2n) is 8.04. The number of para-hydroxylation sites is 3. The zero-order valence-corrected chi connectivity index (χ0v) is 20.3. The Hall–Kier alpha value is -3.85. The Kier molecular flexibility index (Phi) is 6.94. The number of carbonyl (C=O) groups is 1. The summed E-state index contributed by atoms with van der Waals surface area (Å²) in [5, 5.41) is 9.52. The third-order valence-electron chi connectivity index (χ3n) is 5.98. The van der Waals surface area contributed by atoms with Gasteiger partial charge in [-0.25, -0.2) is 0 Å². The SMILES string of the molecule is COc1ccccc1-n1c(SCC(=O)N2CCN(c3ccccc3)CC2)nnc1-c1ccncc1. The number of aromatic nitrogens is 4. The smallest absolute Gasteiger partial charge is 0.233 e. The van der Waals surface area contributed by atoms with E-state index in [2.05, 4.69) is 32.2 Å². The minimum absolute atomic E-state index is 0.0998. The molecule has 0 saturated carbocycles. The van der Waals surface area contributed by atoms with Crippen LogP contribution in [-0.4, -0.2) is 69.6 Å². The largest absolute Gasteiger partial charge is 0.495 e. The Labute approximate surface area is 208 Å². The van der Waals surface area contributed by atoms with Crippen LogP contribution in [0.5, 0.6) is 5.75 Å². The maximum Gasteiger partial charge on any atom is 0.233 e. The predicted molar refractivity (Wildman–Crippen MR) is 137 cm³/mol. The fraction of sp³-hybridized carbons (Fsp3) is 0.231. The van der Waals surface area contributed by atoms with E-state index in [1.54, 1.807) is 19.5 Å². The summed E-state index contributed by atoms with van der Waals surface area (Å²) >= 11 is 1.39. The highest BCUT2D eigenvalue weighted by atomic mass is 32.2. The van der Waals surface area contributed by atoms with E-state index in [9.17, 15) is 4.79 Å². The first-order valence-corrected chi connectivity index (χ1v) is 12.4. The van der Waals surface area contributed by atoms with Crippen molar-refractivity contribution in [3.05, 3.63) is 79.1 Å². The van der Waals surface area contributed by atoms with Gasteiger partial charge in [0, 0.05) is 49.8 Å². The molecule has 1 aliphatic rings. The molecule has 0 radical (unpaired) electrons. The highest BCUT2D eigenvalue weighted by Crippen LogP contribution is 2.32. The molecule has 0 N–H and O–H groups in total. The summed E-state index contributed by atoms with van der Waals surface area (Å²) in [5.74, 6) is 1.76. The van der Waals surface area contributed by atoms with Gasteiger partial charge in [0.1, 0.15) is 5.75 Å². The number of amides is 1. The quantitative estimate of drug-likeness (QED) is 0.368. The fourth-order valence-electron chi connectivity index (χ4n) is 4.15. The number of benzene rings is 2. The van der Waals surface area contributed by atoms with Crippen LogP contribution in [0.3, 0.4) is 0 Å². The van der Waals surface area contributed by atoms with Gasteiger partial charge in [-0.3, -0.25) is 14.3 Å². The average Bonchev–Trinajstić information content (AvgIpc) is 3.36. The monoisotopic (exact) mass is 486 g/mol. The summed E-state index contributed by atoms with van der Waals surface area (Å²) in [7, 11) is 1.64. The van der Waals surface area contributed by atoms with E-state index in [-0.39, 0.29) is 11.7 Å². The Morgan fingerprint density at radius 2 is 1.63 bits per heavy atom. The molecular formula is C26H26N6O2S. The average molecular weight is 487 g/mol. The van der Waals surface area contributed by atoms with Gasteiger partial charge in [-0.1, -0.05) is 42.1 Å². The summed E-state index contributed by atoms with van der Waals surface area (Å²) in [5.41, 5.74) is 2.90. The van der Waals surface area contributed by atoms with Crippen molar-refractivity contribution >= 4 is 23.4 Å². The predicted octanol–water partition coefficient (Wildman–Crippen LogP) is 3.78. The molecule has 4 aromatic rings. The van der Waals surface area contributed by atoms with Gasteiger partial charge < -0.3 is 14.5 Å². The van der Waals surface area contributed by atoms with Crippen molar-refractivity contribution in [1.82, 2.24) is 24.6 Å². The summed E-state index contributed by atoms with van der Waals surface area (Å²) in [4.78, 5) is 21.4. The van der Waals surface area contributed by atoms with E-state index in [0.717, 1.165) is 24.3 Å². The summed E-state index contributed by atoms with van der Waals surface area (Å²) < 4.78 is 7.55. The van der Waals surface area contributed by atoms with Crippen molar-refractivity contribution in [2.75, 3.05) is 43.9 Å². The van der Waals surface area contributed by atoms with Gasteiger partial charge in [-0.15, -0.1) is 10.2 Å². The molecule has 35 heavy (non-hydrogen) atoms. The molecule has 5 rings (SSSR count). The van der Waals surface area contributed by atoms with E-state index in [1.165, 1.54) is 17.4 Å². The molecule has 2 aromatic heterocycles. The summed E-state index contributed by atoms with van der Waals surface area (Å²) in [6.45, 7) is 3.06. The fourth-order valence-corrected chi connectivity index (χ4v) is 5.00. The first kappa shape index (κ1) is 22.9. The Morgan fingerprint density at radius 3 is 2.37 bits per heavy atom. The van der Waals surface area contributed by atoms with Crippen LogP contribution in [0.25, 0.3) is 17.1 Å². The van der Waals surface area contributed by atoms with E-state index in [1.807, 2.05) is 64.1 Å². The molecule has 178 valence electrons. The molecule has 0 bridgehead atoms. The first-order valence-electron chi connectivity index (χ1n) is 11.4. The third kappa shape index (κ3) is 5.00. The molecule has 0 spiro atoms. The highest BCUT2D eigenvalue weighted by molar-refractivity contribution is 7.99. The minimum atomic E-state index is 0.0998. The Morgan fingerprint density at radius 1 is 0.914 bits per heavy atom. The lowest BCUT2D eigenvalue weighted by atomic mass is 10.2. The summed E-state index contributed by atoms with van der Waals surface area (Å²) in [6.07, 6.45) is 3.45. The van der Waals surface area contributed by atoms with Crippen LogP contribution >= 0.6 is 11.8 Å². The topological polar surface area (TPSA) is 76.4 Å². The normalized spacial score (nSPS) is 13.6. The zero-order valence-electron chi connectivity index (χ0n) is 19.4. The lowest BCUT2D eigenvalue weighted by Gasteiger charge is -2.36. The van der Waals surface area contributed by atoms with Crippen molar-refractivity contribution in [2.24, 2.45) is 0 Å². The third-order valence-corrected chi connectivity index (χ3v) is 6.89. The second kappa shape index (κ2) is 10.6. The van der Waals surface area contributed by atoms with Crippen LogP contribution < -0.4 is 9.64 Å². The van der Waals surface area contributed by atoms with Gasteiger partial charge in [-0.05, 0) is 36.4 Å². The van der Waals surface area contributed by atoms with Gasteiger partial charge in [-0.2, -0.15) is 0 Å². The van der Waals surface area contributed by atoms with Crippen molar-refractivity contribution in [3.63, 3.8) is 0 Å². The first-order chi connectivity index (χ1) is 17.2. The van der Waals surface area contributed by atoms with Crippen LogP contribution in [-0.2, 0) is 4.79 Å². The van der Waals surface area contributed by atoms with Crippen LogP contribution in [0.2, 0.25) is 0 Å². The van der Waals surface area contributed by atoms with Gasteiger partial charge >= 0.3 is 0 Å². The number of methoxy groups -OCH3 is 1. The number of hydrogen-bond acceptors (Lipinski definition) is 7. The molecule has 0 unspecified atom stereocenters. The van der Waals surface area contributed by atoms with Crippen molar-refractivity contribution in [1.29, 1.82) is 0 Å². The minimum Gasteiger partial charge on any atom is -0.495 e. The van der Waals surface area contributed by atoms with E-state index in [0.29, 0.717) is 29.8 Å². The Bertz CT molecular complexity index is 1270. The van der Waals surface area contributed by atoms with Crippen LogP contribution in [0.1, 0.15) is 0 Å². The molecular weight excluding hydrogens is 460 g/mol. The lowest BCUT2D eigenvalue weighted by molar-refractivity contribution is -0.128. The van der Waals surface area contributed by atoms with Crippen LogP contribution in [0.15, 0.2) is 84.3 Å². The highest BCUT2D eigenvalue weighted by Gasteiger charge is 2.24. The van der Waals surface area contributed by atoms with Crippen LogP contribution in [0, 0.1) is 0 Å². The number of thioether (sulfide) groups is 1. The molecule has 1 fully saturated rings. The van der Waals surface area contributed by atoms with Gasteiger partial charge in [0.25, 0.3) is 0 Å². The second-order valence-corrected chi connectivity index (χ2v) is 8.98. The van der Waals surface area contributed by atoms with Crippen molar-refractivity contribution in [3.8, 4) is 22.8 Å². The molecule has 0 atom stereocenters. The van der Waals surface area contributed by atoms with Gasteiger partial charge in [0.05, 0.1) is 18.6 Å². The van der Waals surface area contributed by atoms with E-state index < -0.39 is 0 Å². The molecule has 8 nitrogen and oxygen atoms in total. The number of nitrogens with zero attached hydrogens (tertiary/aromatic N) is 6. The summed E-state index contributed by atoms with van der Waals surface area (Å²) in [6, 6.07) is 21.8. The number of hydrogen-bond donors (Lipinski definition) is 0. The molecule has 0 aliphatic carbocycles. The number of ether oxygens (including phenoxy) is 1. The molecule has 2 aromatic carbocycles. The van der Waals surface area contributed by atoms with Gasteiger partial charge in [0.2, 0.25) is 5.91 Å². The molecule has 1 saturated heterocycles.